The van der Waals surface area contributed by atoms with Gasteiger partial charge in [-0.2, -0.15) is 0 Å². The molecule has 0 aliphatic heterocycles. The van der Waals surface area contributed by atoms with Gasteiger partial charge < -0.3 is 14.8 Å². The van der Waals surface area contributed by atoms with Crippen molar-refractivity contribution in [1.29, 1.82) is 0 Å². The molecule has 6 heteroatoms. The van der Waals surface area contributed by atoms with Crippen LogP contribution in [0.2, 0.25) is 0 Å². The first-order chi connectivity index (χ1) is 13.6. The summed E-state index contributed by atoms with van der Waals surface area (Å²) in [4.78, 5) is 24.1. The molecule has 0 heterocycles. The van der Waals surface area contributed by atoms with Crippen LogP contribution in [-0.4, -0.2) is 30.3 Å². The van der Waals surface area contributed by atoms with E-state index in [4.69, 9.17) is 9.47 Å². The molecule has 2 amide bonds. The molecule has 0 aliphatic carbocycles. The molecule has 0 atom stereocenters. The van der Waals surface area contributed by atoms with Gasteiger partial charge in [-0.25, -0.2) is 4.79 Å². The number of amides is 2. The van der Waals surface area contributed by atoms with Crippen molar-refractivity contribution in [3.05, 3.63) is 59.7 Å². The molecule has 29 heavy (non-hydrogen) atoms. The van der Waals surface area contributed by atoms with E-state index in [9.17, 15) is 9.59 Å². The van der Waals surface area contributed by atoms with Crippen molar-refractivity contribution >= 4 is 17.7 Å². The Hall–Kier alpha value is -3.02. The zero-order valence-electron chi connectivity index (χ0n) is 17.7. The van der Waals surface area contributed by atoms with Crippen molar-refractivity contribution in [1.82, 2.24) is 5.32 Å². The zero-order chi connectivity index (χ0) is 21.4. The smallest absolute Gasteiger partial charge is 0.412 e. The highest BCUT2D eigenvalue weighted by molar-refractivity contribution is 5.95. The van der Waals surface area contributed by atoms with Crippen LogP contribution in [0.4, 0.5) is 10.5 Å². The average Bonchev–Trinajstić information content (AvgIpc) is 2.61. The molecular formula is C23H30N2O4. The first kappa shape index (κ1) is 22.3. The molecule has 2 aromatic carbocycles. The van der Waals surface area contributed by atoms with Crippen LogP contribution in [0.1, 0.15) is 50.5 Å². The van der Waals surface area contributed by atoms with Crippen LogP contribution < -0.4 is 15.4 Å². The van der Waals surface area contributed by atoms with E-state index in [1.807, 2.05) is 38.1 Å². The minimum atomic E-state index is -0.564. The summed E-state index contributed by atoms with van der Waals surface area (Å²) in [5.74, 6) is 0.682. The number of hydrogen-bond donors (Lipinski definition) is 2. The van der Waals surface area contributed by atoms with Crippen molar-refractivity contribution in [2.24, 2.45) is 0 Å². The van der Waals surface area contributed by atoms with Crippen molar-refractivity contribution in [3.63, 3.8) is 0 Å². The molecule has 2 aromatic rings. The number of benzene rings is 2. The second-order valence-corrected chi connectivity index (χ2v) is 8.02. The van der Waals surface area contributed by atoms with E-state index < -0.39 is 11.7 Å². The third kappa shape index (κ3) is 8.25. The SMILES string of the molecule is CC(C)Oc1ccc(CCNC(=O)c2ccc(NC(=O)OC(C)(C)C)cc2)cc1. The minimum absolute atomic E-state index is 0.144. The summed E-state index contributed by atoms with van der Waals surface area (Å²) < 4.78 is 10.8. The van der Waals surface area contributed by atoms with Gasteiger partial charge in [0.15, 0.2) is 0 Å². The average molecular weight is 399 g/mol. The molecular weight excluding hydrogens is 368 g/mol. The van der Waals surface area contributed by atoms with Gasteiger partial charge in [0.1, 0.15) is 11.4 Å². The van der Waals surface area contributed by atoms with Crippen LogP contribution in [0, 0.1) is 0 Å². The number of anilines is 1. The fourth-order valence-electron chi connectivity index (χ4n) is 2.56. The molecule has 0 aliphatic rings. The lowest BCUT2D eigenvalue weighted by atomic mass is 10.1. The van der Waals surface area contributed by atoms with Gasteiger partial charge in [0, 0.05) is 17.8 Å². The lowest BCUT2D eigenvalue weighted by Gasteiger charge is -2.19. The third-order valence-corrected chi connectivity index (χ3v) is 3.79. The van der Waals surface area contributed by atoms with Gasteiger partial charge >= 0.3 is 6.09 Å². The molecule has 156 valence electrons. The van der Waals surface area contributed by atoms with E-state index in [2.05, 4.69) is 10.6 Å². The largest absolute Gasteiger partial charge is 0.491 e. The molecule has 2 rings (SSSR count). The summed E-state index contributed by atoms with van der Waals surface area (Å²) in [5, 5.41) is 5.55. The van der Waals surface area contributed by atoms with Gasteiger partial charge in [-0.05, 0) is 83.0 Å². The van der Waals surface area contributed by atoms with Crippen molar-refractivity contribution < 1.29 is 19.1 Å². The van der Waals surface area contributed by atoms with Gasteiger partial charge in [0.05, 0.1) is 6.10 Å². The minimum Gasteiger partial charge on any atom is -0.491 e. The Kier molecular flexibility index (Phi) is 7.65. The van der Waals surface area contributed by atoms with Crippen molar-refractivity contribution in [2.45, 2.75) is 52.7 Å². The van der Waals surface area contributed by atoms with E-state index in [1.54, 1.807) is 45.0 Å². The van der Waals surface area contributed by atoms with Crippen LogP contribution in [-0.2, 0) is 11.2 Å². The molecule has 0 unspecified atom stereocenters. The normalized spacial score (nSPS) is 11.1. The number of ether oxygens (including phenoxy) is 2. The summed E-state index contributed by atoms with van der Waals surface area (Å²) in [5.41, 5.74) is 1.66. The highest BCUT2D eigenvalue weighted by atomic mass is 16.6. The summed E-state index contributed by atoms with van der Waals surface area (Å²) in [6, 6.07) is 14.6. The molecule has 6 nitrogen and oxygen atoms in total. The van der Waals surface area contributed by atoms with Crippen molar-refractivity contribution in [3.8, 4) is 5.75 Å². The van der Waals surface area contributed by atoms with Crippen LogP contribution in [0.15, 0.2) is 48.5 Å². The topological polar surface area (TPSA) is 76.7 Å². The molecule has 0 fully saturated rings. The summed E-state index contributed by atoms with van der Waals surface area (Å²) in [7, 11) is 0. The van der Waals surface area contributed by atoms with Gasteiger partial charge in [-0.3, -0.25) is 10.1 Å². The molecule has 0 aromatic heterocycles. The molecule has 2 N–H and O–H groups in total. The van der Waals surface area contributed by atoms with Crippen LogP contribution in [0.5, 0.6) is 5.75 Å². The molecule has 0 radical (unpaired) electrons. The highest BCUT2D eigenvalue weighted by Gasteiger charge is 2.16. The predicted octanol–water partition coefficient (Wildman–Crippen LogP) is 4.79. The predicted molar refractivity (Wildman–Crippen MR) is 115 cm³/mol. The number of carbonyl (C=O) groups excluding carboxylic acids is 2. The second kappa shape index (κ2) is 9.96. The molecule has 0 spiro atoms. The number of carbonyl (C=O) groups is 2. The molecule has 0 saturated carbocycles. The zero-order valence-corrected chi connectivity index (χ0v) is 17.7. The Morgan fingerprint density at radius 1 is 0.966 bits per heavy atom. The van der Waals surface area contributed by atoms with Crippen LogP contribution in [0.25, 0.3) is 0 Å². The van der Waals surface area contributed by atoms with Crippen LogP contribution >= 0.6 is 0 Å². The standard InChI is InChI=1S/C23H30N2O4/c1-16(2)28-20-12-6-17(7-13-20)14-15-24-21(26)18-8-10-19(11-9-18)25-22(27)29-23(3,4)5/h6-13,16H,14-15H2,1-5H3,(H,24,26)(H,25,27). The van der Waals surface area contributed by atoms with Crippen LogP contribution in [0.3, 0.4) is 0 Å². The first-order valence-corrected chi connectivity index (χ1v) is 9.76. The fourth-order valence-corrected chi connectivity index (χ4v) is 2.56. The maximum atomic E-state index is 12.3. The monoisotopic (exact) mass is 398 g/mol. The van der Waals surface area contributed by atoms with E-state index in [0.29, 0.717) is 17.8 Å². The maximum absolute atomic E-state index is 12.3. The first-order valence-electron chi connectivity index (χ1n) is 9.76. The summed E-state index contributed by atoms with van der Waals surface area (Å²) in [6.07, 6.45) is 0.344. The molecule has 0 bridgehead atoms. The number of nitrogens with one attached hydrogen (secondary N) is 2. The number of hydrogen-bond acceptors (Lipinski definition) is 4. The molecule has 0 saturated heterocycles. The van der Waals surface area contributed by atoms with Gasteiger partial charge in [-0.15, -0.1) is 0 Å². The Balaban J connectivity index is 1.79. The Morgan fingerprint density at radius 2 is 1.59 bits per heavy atom. The summed E-state index contributed by atoms with van der Waals surface area (Å²) in [6.45, 7) is 9.91. The highest BCUT2D eigenvalue weighted by Crippen LogP contribution is 2.15. The third-order valence-electron chi connectivity index (χ3n) is 3.79. The Morgan fingerprint density at radius 3 is 2.14 bits per heavy atom. The summed E-state index contributed by atoms with van der Waals surface area (Å²) >= 11 is 0. The van der Waals surface area contributed by atoms with Gasteiger partial charge in [-0.1, -0.05) is 12.1 Å². The van der Waals surface area contributed by atoms with E-state index in [0.717, 1.165) is 17.7 Å². The number of rotatable bonds is 7. The van der Waals surface area contributed by atoms with Crippen molar-refractivity contribution in [2.75, 3.05) is 11.9 Å². The van der Waals surface area contributed by atoms with E-state index in [-0.39, 0.29) is 12.0 Å². The van der Waals surface area contributed by atoms with E-state index in [1.165, 1.54) is 0 Å². The lowest BCUT2D eigenvalue weighted by molar-refractivity contribution is 0.0635. The Labute approximate surface area is 172 Å². The Bertz CT molecular complexity index is 806. The van der Waals surface area contributed by atoms with Gasteiger partial charge in [0.25, 0.3) is 5.91 Å². The fraction of sp³-hybridized carbons (Fsp3) is 0.391. The maximum Gasteiger partial charge on any atom is 0.412 e. The lowest BCUT2D eigenvalue weighted by Crippen LogP contribution is -2.27. The quantitative estimate of drug-likeness (QED) is 0.703. The van der Waals surface area contributed by atoms with Gasteiger partial charge in [0.2, 0.25) is 0 Å². The second-order valence-electron chi connectivity index (χ2n) is 8.02. The van der Waals surface area contributed by atoms with E-state index >= 15 is 0 Å².